The lowest BCUT2D eigenvalue weighted by Crippen LogP contribution is -2.53. The first kappa shape index (κ1) is 24.6. The van der Waals surface area contributed by atoms with E-state index in [2.05, 4.69) is 43.0 Å². The van der Waals surface area contributed by atoms with Gasteiger partial charge in [0, 0.05) is 43.5 Å². The van der Waals surface area contributed by atoms with Gasteiger partial charge in [0.15, 0.2) is 0 Å². The van der Waals surface area contributed by atoms with E-state index in [4.69, 9.17) is 0 Å². The first-order valence-corrected chi connectivity index (χ1v) is 12.8. The molecule has 0 spiro atoms. The van der Waals surface area contributed by atoms with Gasteiger partial charge in [-0.2, -0.15) is 0 Å². The van der Waals surface area contributed by atoms with Crippen LogP contribution in [0.5, 0.6) is 0 Å². The molecule has 0 saturated carbocycles. The summed E-state index contributed by atoms with van der Waals surface area (Å²) < 4.78 is 3.03. The minimum Gasteiger partial charge on any atom is -0.365 e. The number of carbonyl (C=O) groups is 1. The summed E-state index contributed by atoms with van der Waals surface area (Å²) in [7, 11) is 0. The van der Waals surface area contributed by atoms with Gasteiger partial charge in [0.1, 0.15) is 0 Å². The molecule has 1 amide bonds. The van der Waals surface area contributed by atoms with Crippen molar-refractivity contribution in [2.45, 2.75) is 39.9 Å². The van der Waals surface area contributed by atoms with Gasteiger partial charge < -0.3 is 14.4 Å². The maximum absolute atomic E-state index is 13.3. The largest absolute Gasteiger partial charge is 0.365 e. The van der Waals surface area contributed by atoms with Gasteiger partial charge in [0.05, 0.1) is 17.6 Å². The van der Waals surface area contributed by atoms with Gasteiger partial charge in [0.2, 0.25) is 0 Å². The van der Waals surface area contributed by atoms with Crippen LogP contribution in [0.15, 0.2) is 82.4 Å². The lowest BCUT2D eigenvalue weighted by Gasteiger charge is -2.41. The monoisotopic (exact) mass is 496 g/mol. The molecule has 1 saturated heterocycles. The van der Waals surface area contributed by atoms with E-state index < -0.39 is 11.1 Å². The van der Waals surface area contributed by atoms with Crippen molar-refractivity contribution in [1.82, 2.24) is 14.0 Å². The molecule has 190 valence electrons. The van der Waals surface area contributed by atoms with Crippen LogP contribution < -0.4 is 16.0 Å². The van der Waals surface area contributed by atoms with E-state index in [1.165, 1.54) is 20.4 Å². The van der Waals surface area contributed by atoms with Gasteiger partial charge in [-0.3, -0.25) is 19.0 Å². The Bertz CT molecular complexity index is 1570. The van der Waals surface area contributed by atoms with Crippen LogP contribution in [-0.4, -0.2) is 45.6 Å². The summed E-state index contributed by atoms with van der Waals surface area (Å²) in [6, 6.07) is 23.5. The van der Waals surface area contributed by atoms with Crippen molar-refractivity contribution >= 4 is 22.6 Å². The van der Waals surface area contributed by atoms with Crippen LogP contribution >= 0.6 is 0 Å². The smallest absolute Gasteiger partial charge is 0.317 e. The number of anilines is 1. The molecule has 1 aliphatic heterocycles. The Morgan fingerprint density at radius 2 is 1.54 bits per heavy atom. The zero-order valence-corrected chi connectivity index (χ0v) is 21.6. The number of nitrogens with zero attached hydrogens (tertiary/aromatic N) is 4. The topological polar surface area (TPSA) is 67.5 Å². The average Bonchev–Trinajstić information content (AvgIpc) is 2.91. The summed E-state index contributed by atoms with van der Waals surface area (Å²) in [6.45, 7) is 8.90. The zero-order valence-electron chi connectivity index (χ0n) is 21.6. The molecule has 1 aromatic heterocycles. The number of fused-ring (bicyclic) bond motifs is 1. The Hall–Kier alpha value is -4.13. The number of aromatic nitrogens is 2. The van der Waals surface area contributed by atoms with Crippen LogP contribution in [-0.2, 0) is 13.1 Å². The second-order valence-corrected chi connectivity index (χ2v) is 9.76. The quantitative estimate of drug-likeness (QED) is 0.393. The maximum Gasteiger partial charge on any atom is 0.317 e. The maximum atomic E-state index is 13.3. The number of piperazine rings is 1. The Morgan fingerprint density at radius 3 is 2.19 bits per heavy atom. The van der Waals surface area contributed by atoms with Gasteiger partial charge in [-0.1, -0.05) is 36.4 Å². The molecule has 4 aromatic rings. The molecule has 7 nitrogen and oxygen atoms in total. The molecule has 0 unspecified atom stereocenters. The molecule has 37 heavy (non-hydrogen) atoms. The fourth-order valence-corrected chi connectivity index (χ4v) is 5.29. The molecule has 1 aliphatic rings. The average molecular weight is 497 g/mol. The Labute approximate surface area is 216 Å². The van der Waals surface area contributed by atoms with Crippen molar-refractivity contribution in [1.29, 1.82) is 0 Å². The van der Waals surface area contributed by atoms with Gasteiger partial charge in [0.25, 0.3) is 5.91 Å². The van der Waals surface area contributed by atoms with E-state index in [1.807, 2.05) is 60.4 Å². The summed E-state index contributed by atoms with van der Waals surface area (Å²) in [6.07, 6.45) is 0. The number of rotatable bonds is 5. The van der Waals surface area contributed by atoms with E-state index in [0.717, 1.165) is 23.1 Å². The van der Waals surface area contributed by atoms with Gasteiger partial charge in [-0.25, -0.2) is 0 Å². The predicted molar refractivity (Wildman–Crippen MR) is 148 cm³/mol. The molecule has 0 bridgehead atoms. The summed E-state index contributed by atoms with van der Waals surface area (Å²) in [4.78, 5) is 43.1. The Morgan fingerprint density at radius 1 is 0.865 bits per heavy atom. The third-order valence-electron chi connectivity index (χ3n) is 7.24. The van der Waals surface area contributed by atoms with Crippen LogP contribution in [0.1, 0.15) is 35.3 Å². The highest BCUT2D eigenvalue weighted by molar-refractivity contribution is 5.94. The number of para-hydroxylation sites is 2. The number of benzene rings is 3. The van der Waals surface area contributed by atoms with Crippen molar-refractivity contribution in [3.8, 4) is 0 Å². The molecule has 2 heterocycles. The molecule has 1 fully saturated rings. The number of carbonyl (C=O) groups excluding carboxylic acids is 1. The van der Waals surface area contributed by atoms with Crippen LogP contribution in [0.2, 0.25) is 0 Å². The minimum atomic E-state index is -0.541. The molecule has 7 heteroatoms. The van der Waals surface area contributed by atoms with Gasteiger partial charge in [-0.05, 0) is 68.3 Å². The molecular weight excluding hydrogens is 464 g/mol. The normalized spacial score (nSPS) is 15.8. The molecule has 0 radical (unpaired) electrons. The molecular formula is C30H32N4O3. The highest BCUT2D eigenvalue weighted by Crippen LogP contribution is 2.23. The fraction of sp³-hybridized carbons (Fsp3) is 0.300. The molecule has 0 aliphatic carbocycles. The van der Waals surface area contributed by atoms with Gasteiger partial charge in [-0.15, -0.1) is 0 Å². The third-order valence-corrected chi connectivity index (χ3v) is 7.24. The van der Waals surface area contributed by atoms with E-state index in [9.17, 15) is 14.4 Å². The lowest BCUT2D eigenvalue weighted by atomic mass is 10.1. The first-order chi connectivity index (χ1) is 17.9. The molecule has 1 atom stereocenters. The lowest BCUT2D eigenvalue weighted by molar-refractivity contribution is 0.0726. The number of hydrogen-bond acceptors (Lipinski definition) is 4. The van der Waals surface area contributed by atoms with E-state index in [0.29, 0.717) is 25.2 Å². The second-order valence-electron chi connectivity index (χ2n) is 9.76. The molecule has 0 N–H and O–H groups in total. The van der Waals surface area contributed by atoms with Crippen molar-refractivity contribution in [2.75, 3.05) is 24.5 Å². The van der Waals surface area contributed by atoms with Crippen LogP contribution in [0.25, 0.3) is 11.0 Å². The molecule has 3 aromatic carbocycles. The number of hydrogen-bond donors (Lipinski definition) is 0. The fourth-order valence-electron chi connectivity index (χ4n) is 5.29. The van der Waals surface area contributed by atoms with Crippen LogP contribution in [0, 0.1) is 6.92 Å². The zero-order chi connectivity index (χ0) is 26.1. The SMILES string of the molecule is CCn1c(=O)c(=O)n(Cc2ccc(C(=O)N3CCN(c4cccc(C)c4)[C@@H](C)C3)cc2)c2ccccc21. The van der Waals surface area contributed by atoms with E-state index in [1.54, 1.807) is 0 Å². The van der Waals surface area contributed by atoms with Crippen molar-refractivity contribution in [3.63, 3.8) is 0 Å². The van der Waals surface area contributed by atoms with E-state index >= 15 is 0 Å². The van der Waals surface area contributed by atoms with Gasteiger partial charge >= 0.3 is 11.1 Å². The third kappa shape index (κ3) is 4.69. The highest BCUT2D eigenvalue weighted by Gasteiger charge is 2.27. The summed E-state index contributed by atoms with van der Waals surface area (Å²) in [5.74, 6) is 0.00968. The summed E-state index contributed by atoms with van der Waals surface area (Å²) in [5, 5.41) is 0. The van der Waals surface area contributed by atoms with Crippen LogP contribution in [0.3, 0.4) is 0 Å². The first-order valence-electron chi connectivity index (χ1n) is 12.8. The number of aryl methyl sites for hydroxylation is 2. The van der Waals surface area contributed by atoms with Crippen molar-refractivity contribution < 1.29 is 4.79 Å². The predicted octanol–water partition coefficient (Wildman–Crippen LogP) is 3.89. The van der Waals surface area contributed by atoms with E-state index in [-0.39, 0.29) is 18.5 Å². The minimum absolute atomic E-state index is 0.00968. The highest BCUT2D eigenvalue weighted by atomic mass is 16.2. The standard InChI is InChI=1S/C30H32N4O3/c1-4-32-26-10-5-6-11-27(26)34(30(37)29(32)36)20-23-12-14-24(15-13-23)28(35)31-16-17-33(22(3)19-31)25-9-7-8-21(2)18-25/h5-15,18,22H,4,16-17,19-20H2,1-3H3/t22-/m0/s1. The Balaban J connectivity index is 1.33. The van der Waals surface area contributed by atoms with Crippen LogP contribution in [0.4, 0.5) is 5.69 Å². The molecule has 5 rings (SSSR count). The van der Waals surface area contributed by atoms with Crippen molar-refractivity contribution in [3.05, 3.63) is 110 Å². The Kier molecular flexibility index (Phi) is 6.70. The summed E-state index contributed by atoms with van der Waals surface area (Å²) in [5.41, 5.74) is 4.29. The number of amides is 1. The second kappa shape index (κ2) is 10.1. The van der Waals surface area contributed by atoms with Crippen molar-refractivity contribution in [2.24, 2.45) is 0 Å². The summed E-state index contributed by atoms with van der Waals surface area (Å²) >= 11 is 0.